The molecule has 2 aliphatic heterocycles. The van der Waals surface area contributed by atoms with Gasteiger partial charge in [-0.05, 0) is 18.8 Å². The minimum atomic E-state index is 0.115. The van der Waals surface area contributed by atoms with Crippen LogP contribution in [-0.2, 0) is 27.4 Å². The van der Waals surface area contributed by atoms with Crippen molar-refractivity contribution >= 4 is 5.91 Å². The first-order chi connectivity index (χ1) is 10.7. The number of carbonyl (C=O) groups excluding carboxylic acids is 1. The van der Waals surface area contributed by atoms with E-state index in [4.69, 9.17) is 9.47 Å². The second-order valence-corrected chi connectivity index (χ2v) is 6.40. The van der Waals surface area contributed by atoms with Gasteiger partial charge in [0.1, 0.15) is 0 Å². The molecule has 2 aliphatic rings. The Morgan fingerprint density at radius 2 is 2.09 bits per heavy atom. The van der Waals surface area contributed by atoms with Crippen LogP contribution < -0.4 is 0 Å². The molecule has 6 heteroatoms. The highest BCUT2D eigenvalue weighted by atomic mass is 16.5. The highest BCUT2D eigenvalue weighted by molar-refractivity contribution is 5.73. The monoisotopic (exact) mass is 307 g/mol. The van der Waals surface area contributed by atoms with Gasteiger partial charge in [-0.1, -0.05) is 0 Å². The van der Waals surface area contributed by atoms with Gasteiger partial charge in [-0.3, -0.25) is 4.79 Å². The van der Waals surface area contributed by atoms with Crippen LogP contribution in [0.3, 0.4) is 0 Å². The first-order valence-corrected chi connectivity index (χ1v) is 8.12. The summed E-state index contributed by atoms with van der Waals surface area (Å²) in [5.41, 5.74) is 1.10. The Morgan fingerprint density at radius 1 is 1.32 bits per heavy atom. The molecule has 0 unspecified atom stereocenters. The summed E-state index contributed by atoms with van der Waals surface area (Å²) in [6, 6.07) is 0. The third kappa shape index (κ3) is 3.87. The lowest BCUT2D eigenvalue weighted by Gasteiger charge is -2.25. The van der Waals surface area contributed by atoms with Crippen LogP contribution >= 0.6 is 0 Å². The number of rotatable bonds is 4. The summed E-state index contributed by atoms with van der Waals surface area (Å²) in [7, 11) is 0. The molecule has 1 aromatic rings. The van der Waals surface area contributed by atoms with Crippen molar-refractivity contribution in [3.8, 4) is 0 Å². The normalized spacial score (nSPS) is 23.1. The van der Waals surface area contributed by atoms with E-state index >= 15 is 0 Å². The van der Waals surface area contributed by atoms with Gasteiger partial charge >= 0.3 is 0 Å². The van der Waals surface area contributed by atoms with Gasteiger partial charge in [0.05, 0.1) is 25.2 Å². The van der Waals surface area contributed by atoms with E-state index in [1.807, 2.05) is 17.4 Å². The standard InChI is InChI=1S/C16H25N3O3/c1-13(20)18-7-15(8-19-12-17-6-16(19)9-18)11-22-10-14-2-4-21-5-3-14/h6,12,14-15H,2-5,7-11H2,1H3/t15-/m1/s1. The lowest BCUT2D eigenvalue weighted by molar-refractivity contribution is -0.130. The Kier molecular flexibility index (Phi) is 5.10. The van der Waals surface area contributed by atoms with Crippen molar-refractivity contribution < 1.29 is 14.3 Å². The highest BCUT2D eigenvalue weighted by Gasteiger charge is 2.24. The van der Waals surface area contributed by atoms with Crippen molar-refractivity contribution in [1.29, 1.82) is 0 Å². The fourth-order valence-electron chi connectivity index (χ4n) is 3.21. The van der Waals surface area contributed by atoms with Crippen molar-refractivity contribution in [2.75, 3.05) is 33.0 Å². The molecule has 22 heavy (non-hydrogen) atoms. The first-order valence-electron chi connectivity index (χ1n) is 8.12. The van der Waals surface area contributed by atoms with E-state index in [1.165, 1.54) is 0 Å². The van der Waals surface area contributed by atoms with E-state index in [1.54, 1.807) is 6.92 Å². The fraction of sp³-hybridized carbons (Fsp3) is 0.750. The zero-order chi connectivity index (χ0) is 15.4. The smallest absolute Gasteiger partial charge is 0.219 e. The lowest BCUT2D eigenvalue weighted by Crippen LogP contribution is -2.34. The maximum Gasteiger partial charge on any atom is 0.219 e. The fourth-order valence-corrected chi connectivity index (χ4v) is 3.21. The molecule has 3 rings (SSSR count). The van der Waals surface area contributed by atoms with Crippen molar-refractivity contribution in [3.05, 3.63) is 18.2 Å². The summed E-state index contributed by atoms with van der Waals surface area (Å²) in [4.78, 5) is 17.9. The summed E-state index contributed by atoms with van der Waals surface area (Å²) in [6.45, 7) is 7.10. The maximum atomic E-state index is 11.8. The van der Waals surface area contributed by atoms with Gasteiger partial charge < -0.3 is 18.9 Å². The Balaban J connectivity index is 1.54. The van der Waals surface area contributed by atoms with E-state index in [9.17, 15) is 4.79 Å². The number of aromatic nitrogens is 2. The predicted molar refractivity (Wildman–Crippen MR) is 81.2 cm³/mol. The summed E-state index contributed by atoms with van der Waals surface area (Å²) >= 11 is 0. The van der Waals surface area contributed by atoms with Crippen LogP contribution in [0.25, 0.3) is 0 Å². The molecule has 0 aliphatic carbocycles. The molecule has 0 aromatic carbocycles. The summed E-state index contributed by atoms with van der Waals surface area (Å²) in [6.07, 6.45) is 5.89. The van der Waals surface area contributed by atoms with Crippen LogP contribution in [-0.4, -0.2) is 53.3 Å². The van der Waals surface area contributed by atoms with Crippen LogP contribution in [0.5, 0.6) is 0 Å². The molecule has 0 radical (unpaired) electrons. The van der Waals surface area contributed by atoms with Crippen molar-refractivity contribution in [3.63, 3.8) is 0 Å². The number of carbonyl (C=O) groups is 1. The minimum Gasteiger partial charge on any atom is -0.381 e. The number of hydrogen-bond donors (Lipinski definition) is 0. The SMILES string of the molecule is CC(=O)N1Cc2cncn2C[C@H](COCC2CCOCC2)C1. The topological polar surface area (TPSA) is 56.6 Å². The second-order valence-electron chi connectivity index (χ2n) is 6.40. The van der Waals surface area contributed by atoms with Gasteiger partial charge in [0.2, 0.25) is 5.91 Å². The molecule has 0 bridgehead atoms. The highest BCUT2D eigenvalue weighted by Crippen LogP contribution is 2.18. The van der Waals surface area contributed by atoms with Crippen LogP contribution in [0.15, 0.2) is 12.5 Å². The van der Waals surface area contributed by atoms with Gasteiger partial charge in [0, 0.05) is 51.9 Å². The molecular formula is C16H25N3O3. The van der Waals surface area contributed by atoms with E-state index in [0.29, 0.717) is 25.0 Å². The molecule has 6 nitrogen and oxygen atoms in total. The Bertz CT molecular complexity index is 497. The zero-order valence-electron chi connectivity index (χ0n) is 13.2. The van der Waals surface area contributed by atoms with Crippen LogP contribution in [0.4, 0.5) is 0 Å². The minimum absolute atomic E-state index is 0.115. The molecule has 1 atom stereocenters. The first kappa shape index (κ1) is 15.5. The Labute approximate surface area is 131 Å². The number of amides is 1. The quantitative estimate of drug-likeness (QED) is 0.841. The van der Waals surface area contributed by atoms with E-state index in [0.717, 1.165) is 51.4 Å². The number of hydrogen-bond acceptors (Lipinski definition) is 4. The van der Waals surface area contributed by atoms with Gasteiger partial charge in [-0.15, -0.1) is 0 Å². The summed E-state index contributed by atoms with van der Waals surface area (Å²) in [5.74, 6) is 1.05. The van der Waals surface area contributed by atoms with Crippen LogP contribution in [0, 0.1) is 11.8 Å². The maximum absolute atomic E-state index is 11.8. The average Bonchev–Trinajstić information content (AvgIpc) is 2.87. The lowest BCUT2D eigenvalue weighted by atomic mass is 10.0. The Hall–Kier alpha value is -1.40. The summed E-state index contributed by atoms with van der Waals surface area (Å²) < 4.78 is 13.5. The molecule has 0 spiro atoms. The zero-order valence-corrected chi connectivity index (χ0v) is 13.2. The Morgan fingerprint density at radius 3 is 2.86 bits per heavy atom. The van der Waals surface area contributed by atoms with Gasteiger partial charge in [-0.25, -0.2) is 4.98 Å². The van der Waals surface area contributed by atoms with Crippen molar-refractivity contribution in [2.24, 2.45) is 11.8 Å². The third-order valence-electron chi connectivity index (χ3n) is 4.58. The van der Waals surface area contributed by atoms with Gasteiger partial charge in [-0.2, -0.15) is 0 Å². The van der Waals surface area contributed by atoms with E-state index < -0.39 is 0 Å². The van der Waals surface area contributed by atoms with Crippen LogP contribution in [0.1, 0.15) is 25.5 Å². The number of nitrogens with zero attached hydrogens (tertiary/aromatic N) is 3. The number of ether oxygens (including phenoxy) is 2. The molecule has 122 valence electrons. The number of fused-ring (bicyclic) bond motifs is 1. The van der Waals surface area contributed by atoms with Gasteiger partial charge in [0.25, 0.3) is 0 Å². The predicted octanol–water partition coefficient (Wildman–Crippen LogP) is 1.30. The largest absolute Gasteiger partial charge is 0.381 e. The molecule has 3 heterocycles. The molecule has 1 fully saturated rings. The molecule has 1 aromatic heterocycles. The van der Waals surface area contributed by atoms with E-state index in [-0.39, 0.29) is 5.91 Å². The van der Waals surface area contributed by atoms with Gasteiger partial charge in [0.15, 0.2) is 0 Å². The van der Waals surface area contributed by atoms with Crippen molar-refractivity contribution in [2.45, 2.75) is 32.9 Å². The molecule has 0 N–H and O–H groups in total. The second kappa shape index (κ2) is 7.24. The summed E-state index contributed by atoms with van der Waals surface area (Å²) in [5, 5.41) is 0. The van der Waals surface area contributed by atoms with Crippen LogP contribution in [0.2, 0.25) is 0 Å². The third-order valence-corrected chi connectivity index (χ3v) is 4.58. The molecule has 1 saturated heterocycles. The van der Waals surface area contributed by atoms with E-state index in [2.05, 4.69) is 9.55 Å². The molecular weight excluding hydrogens is 282 g/mol. The number of imidazole rings is 1. The average molecular weight is 307 g/mol. The molecule has 1 amide bonds. The molecule has 0 saturated carbocycles. The van der Waals surface area contributed by atoms with Crippen molar-refractivity contribution in [1.82, 2.24) is 14.5 Å².